The molecule has 1 unspecified atom stereocenters. The highest BCUT2D eigenvalue weighted by atomic mass is 35.5. The van der Waals surface area contributed by atoms with Gasteiger partial charge in [0.25, 0.3) is 0 Å². The highest BCUT2D eigenvalue weighted by Gasteiger charge is 2.26. The Hall–Kier alpha value is -1.13. The molecule has 1 N–H and O–H groups in total. The molecule has 116 valence electrons. The Morgan fingerprint density at radius 2 is 2.14 bits per heavy atom. The fourth-order valence-corrected chi connectivity index (χ4v) is 2.91. The van der Waals surface area contributed by atoms with Gasteiger partial charge >= 0.3 is 5.97 Å². The molecule has 1 aliphatic carbocycles. The van der Waals surface area contributed by atoms with Gasteiger partial charge in [0.2, 0.25) is 0 Å². The van der Waals surface area contributed by atoms with Gasteiger partial charge in [0.15, 0.2) is 0 Å². The van der Waals surface area contributed by atoms with Crippen LogP contribution in [0.1, 0.15) is 50.6 Å². The van der Waals surface area contributed by atoms with Crippen LogP contribution in [0.15, 0.2) is 18.2 Å². The van der Waals surface area contributed by atoms with Crippen molar-refractivity contribution >= 4 is 17.6 Å². The van der Waals surface area contributed by atoms with E-state index in [1.54, 1.807) is 13.0 Å². The van der Waals surface area contributed by atoms with Crippen molar-refractivity contribution in [2.24, 2.45) is 0 Å². The second-order valence-electron chi connectivity index (χ2n) is 5.36. The van der Waals surface area contributed by atoms with Gasteiger partial charge in [0.05, 0.1) is 11.6 Å². The minimum atomic E-state index is -0.592. The highest BCUT2D eigenvalue weighted by Crippen LogP contribution is 2.25. The van der Waals surface area contributed by atoms with Gasteiger partial charge in [0.1, 0.15) is 11.9 Å². The van der Waals surface area contributed by atoms with Gasteiger partial charge in [-0.3, -0.25) is 5.32 Å². The lowest BCUT2D eigenvalue weighted by Gasteiger charge is -2.27. The molecule has 1 aromatic rings. The summed E-state index contributed by atoms with van der Waals surface area (Å²) < 4.78 is 18.4. The first-order chi connectivity index (χ1) is 10.1. The minimum absolute atomic E-state index is 0.0206. The zero-order valence-corrected chi connectivity index (χ0v) is 13.0. The molecule has 2 rings (SSSR count). The number of benzene rings is 1. The summed E-state index contributed by atoms with van der Waals surface area (Å²) in [5, 5.41) is 3.37. The molecule has 1 fully saturated rings. The molecule has 1 aliphatic rings. The standard InChI is InChI=1S/C16H21ClFNO2/c1-2-21-16(20)15(19-12-6-4-3-5-7-12)11-8-9-14(18)13(17)10-11/h8-10,12,15,19H,2-7H2,1H3. The van der Waals surface area contributed by atoms with E-state index >= 15 is 0 Å². The van der Waals surface area contributed by atoms with Crippen LogP contribution in [0.5, 0.6) is 0 Å². The molecule has 1 atom stereocenters. The largest absolute Gasteiger partial charge is 0.465 e. The van der Waals surface area contributed by atoms with Crippen LogP contribution in [-0.2, 0) is 9.53 Å². The van der Waals surface area contributed by atoms with E-state index in [9.17, 15) is 9.18 Å². The van der Waals surface area contributed by atoms with Gasteiger partial charge in [0, 0.05) is 6.04 Å². The maximum absolute atomic E-state index is 13.3. The topological polar surface area (TPSA) is 38.3 Å². The smallest absolute Gasteiger partial charge is 0.327 e. The van der Waals surface area contributed by atoms with Gasteiger partial charge in [-0.15, -0.1) is 0 Å². The molecule has 5 heteroatoms. The number of hydrogen-bond acceptors (Lipinski definition) is 3. The lowest BCUT2D eigenvalue weighted by molar-refractivity contribution is -0.146. The molecule has 0 spiro atoms. The fraction of sp³-hybridized carbons (Fsp3) is 0.562. The van der Waals surface area contributed by atoms with Crippen LogP contribution in [0.2, 0.25) is 5.02 Å². The van der Waals surface area contributed by atoms with Gasteiger partial charge in [-0.1, -0.05) is 36.9 Å². The Balaban J connectivity index is 2.17. The molecule has 0 heterocycles. The number of nitrogens with one attached hydrogen (secondary N) is 1. The predicted octanol–water partition coefficient (Wildman–Crippen LogP) is 4.01. The van der Waals surface area contributed by atoms with Crippen LogP contribution in [0, 0.1) is 5.82 Å². The van der Waals surface area contributed by atoms with E-state index < -0.39 is 11.9 Å². The van der Waals surface area contributed by atoms with Crippen molar-refractivity contribution < 1.29 is 13.9 Å². The average molecular weight is 314 g/mol. The lowest BCUT2D eigenvalue weighted by Crippen LogP contribution is -2.39. The van der Waals surface area contributed by atoms with E-state index in [-0.39, 0.29) is 17.0 Å². The fourth-order valence-electron chi connectivity index (χ4n) is 2.72. The summed E-state index contributed by atoms with van der Waals surface area (Å²) in [6.07, 6.45) is 5.66. The van der Waals surface area contributed by atoms with E-state index in [4.69, 9.17) is 16.3 Å². The second kappa shape index (κ2) is 7.76. The van der Waals surface area contributed by atoms with Crippen LogP contribution >= 0.6 is 11.6 Å². The van der Waals surface area contributed by atoms with Gasteiger partial charge in [-0.05, 0) is 37.5 Å². The van der Waals surface area contributed by atoms with Crippen molar-refractivity contribution in [3.05, 3.63) is 34.6 Å². The molecule has 1 saturated carbocycles. The summed E-state index contributed by atoms with van der Waals surface area (Å²) in [5.41, 5.74) is 0.644. The number of hydrogen-bond donors (Lipinski definition) is 1. The molecule has 0 radical (unpaired) electrons. The van der Waals surface area contributed by atoms with E-state index in [0.29, 0.717) is 12.2 Å². The van der Waals surface area contributed by atoms with E-state index in [0.717, 1.165) is 25.7 Å². The molecule has 3 nitrogen and oxygen atoms in total. The zero-order valence-electron chi connectivity index (χ0n) is 12.2. The summed E-state index contributed by atoms with van der Waals surface area (Å²) in [7, 11) is 0. The first-order valence-electron chi connectivity index (χ1n) is 7.49. The first kappa shape index (κ1) is 16.2. The molecule has 0 aliphatic heterocycles. The van der Waals surface area contributed by atoms with Crippen molar-refractivity contribution in [2.75, 3.05) is 6.61 Å². The maximum atomic E-state index is 13.3. The number of carbonyl (C=O) groups is 1. The Labute approximate surface area is 129 Å². The van der Waals surface area contributed by atoms with Crippen LogP contribution in [0.3, 0.4) is 0 Å². The van der Waals surface area contributed by atoms with Crippen molar-refractivity contribution in [3.63, 3.8) is 0 Å². The van der Waals surface area contributed by atoms with E-state index in [1.165, 1.54) is 18.6 Å². The average Bonchev–Trinajstić information content (AvgIpc) is 2.49. The number of ether oxygens (including phenoxy) is 1. The number of rotatable bonds is 5. The predicted molar refractivity (Wildman–Crippen MR) is 80.8 cm³/mol. The maximum Gasteiger partial charge on any atom is 0.327 e. The lowest BCUT2D eigenvalue weighted by atomic mass is 9.94. The minimum Gasteiger partial charge on any atom is -0.465 e. The summed E-state index contributed by atoms with van der Waals surface area (Å²) in [4.78, 5) is 12.2. The molecule has 0 saturated heterocycles. The summed E-state index contributed by atoms with van der Waals surface area (Å²) in [6.45, 7) is 2.09. The molecular formula is C16H21ClFNO2. The Morgan fingerprint density at radius 3 is 2.76 bits per heavy atom. The SMILES string of the molecule is CCOC(=O)C(NC1CCCCC1)c1ccc(F)c(Cl)c1. The van der Waals surface area contributed by atoms with E-state index in [2.05, 4.69) is 5.32 Å². The van der Waals surface area contributed by atoms with Gasteiger partial charge in [-0.25, -0.2) is 9.18 Å². The van der Waals surface area contributed by atoms with Gasteiger partial charge in [-0.2, -0.15) is 0 Å². The molecule has 0 amide bonds. The Kier molecular flexibility index (Phi) is 6.00. The molecular weight excluding hydrogens is 293 g/mol. The van der Waals surface area contributed by atoms with Crippen LogP contribution in [0.25, 0.3) is 0 Å². The zero-order chi connectivity index (χ0) is 15.2. The summed E-state index contributed by atoms with van der Waals surface area (Å²) in [6, 6.07) is 4.06. The van der Waals surface area contributed by atoms with Crippen LogP contribution in [-0.4, -0.2) is 18.6 Å². The Morgan fingerprint density at radius 1 is 1.43 bits per heavy atom. The van der Waals surface area contributed by atoms with Crippen LogP contribution in [0.4, 0.5) is 4.39 Å². The normalized spacial score (nSPS) is 17.5. The number of carbonyl (C=O) groups excluding carboxylic acids is 1. The molecule has 1 aromatic carbocycles. The Bertz CT molecular complexity index is 489. The van der Waals surface area contributed by atoms with Crippen molar-refractivity contribution in [2.45, 2.75) is 51.1 Å². The van der Waals surface area contributed by atoms with Crippen molar-refractivity contribution in [1.29, 1.82) is 0 Å². The van der Waals surface area contributed by atoms with Crippen molar-refractivity contribution in [3.8, 4) is 0 Å². The van der Waals surface area contributed by atoms with Gasteiger partial charge < -0.3 is 4.74 Å². The summed E-state index contributed by atoms with van der Waals surface area (Å²) in [5.74, 6) is -0.827. The quantitative estimate of drug-likeness (QED) is 0.835. The molecule has 21 heavy (non-hydrogen) atoms. The van der Waals surface area contributed by atoms with Crippen molar-refractivity contribution in [1.82, 2.24) is 5.32 Å². The third kappa shape index (κ3) is 4.42. The summed E-state index contributed by atoms with van der Waals surface area (Å²) >= 11 is 5.83. The monoisotopic (exact) mass is 313 g/mol. The van der Waals surface area contributed by atoms with Crippen LogP contribution < -0.4 is 5.32 Å². The van der Waals surface area contributed by atoms with E-state index in [1.807, 2.05) is 0 Å². The number of esters is 1. The third-order valence-electron chi connectivity index (χ3n) is 3.81. The number of halogens is 2. The molecule has 0 aromatic heterocycles. The molecule has 0 bridgehead atoms. The first-order valence-corrected chi connectivity index (χ1v) is 7.87. The second-order valence-corrected chi connectivity index (χ2v) is 5.77. The highest BCUT2D eigenvalue weighted by molar-refractivity contribution is 6.30. The third-order valence-corrected chi connectivity index (χ3v) is 4.10.